The number of aromatic nitrogens is 1. The minimum atomic E-state index is 0.0959. The highest BCUT2D eigenvalue weighted by Crippen LogP contribution is 2.38. The number of nitrogens with zero attached hydrogens (tertiary/aromatic N) is 1. The maximum Gasteiger partial charge on any atom is 0.154 e. The fourth-order valence-electron chi connectivity index (χ4n) is 2.59. The van der Waals surface area contributed by atoms with Gasteiger partial charge in [-0.1, -0.05) is 31.5 Å². The predicted octanol–water partition coefficient (Wildman–Crippen LogP) is 3.49. The number of hydrogen-bond donors (Lipinski definition) is 1. The van der Waals surface area contributed by atoms with E-state index >= 15 is 0 Å². The SMILES string of the molecule is CCCc1nc(C2Cc3ccccc3O2)sc1CNC. The van der Waals surface area contributed by atoms with Crippen LogP contribution in [0.2, 0.25) is 0 Å². The van der Waals surface area contributed by atoms with E-state index in [1.807, 2.05) is 19.2 Å². The van der Waals surface area contributed by atoms with Gasteiger partial charge < -0.3 is 10.1 Å². The molecule has 2 aromatic rings. The number of ether oxygens (including phenoxy) is 1. The molecule has 0 fully saturated rings. The molecule has 0 bridgehead atoms. The van der Waals surface area contributed by atoms with Crippen molar-refractivity contribution in [2.24, 2.45) is 0 Å². The summed E-state index contributed by atoms with van der Waals surface area (Å²) in [5, 5.41) is 4.35. The van der Waals surface area contributed by atoms with E-state index in [0.717, 1.165) is 36.6 Å². The van der Waals surface area contributed by atoms with Crippen molar-refractivity contribution in [1.29, 1.82) is 0 Å². The molecule has 1 aliphatic heterocycles. The van der Waals surface area contributed by atoms with Crippen LogP contribution < -0.4 is 10.1 Å². The number of nitrogens with one attached hydrogen (secondary N) is 1. The molecule has 106 valence electrons. The van der Waals surface area contributed by atoms with E-state index in [2.05, 4.69) is 24.4 Å². The minimum Gasteiger partial charge on any atom is -0.483 e. The molecule has 0 aliphatic carbocycles. The molecule has 1 unspecified atom stereocenters. The quantitative estimate of drug-likeness (QED) is 0.914. The van der Waals surface area contributed by atoms with Crippen molar-refractivity contribution in [3.05, 3.63) is 45.4 Å². The van der Waals surface area contributed by atoms with Crippen LogP contribution in [0.5, 0.6) is 5.75 Å². The number of fused-ring (bicyclic) bond motifs is 1. The molecule has 0 amide bonds. The number of aryl methyl sites for hydroxylation is 1. The molecule has 1 atom stereocenters. The average molecular weight is 288 g/mol. The number of benzene rings is 1. The molecular formula is C16H20N2OS. The lowest BCUT2D eigenvalue weighted by Gasteiger charge is -2.06. The number of rotatable bonds is 5. The molecule has 3 rings (SSSR count). The normalized spacial score (nSPS) is 17.0. The number of thiazole rings is 1. The first kappa shape index (κ1) is 13.6. The van der Waals surface area contributed by atoms with E-state index in [9.17, 15) is 0 Å². The molecule has 1 aliphatic rings. The highest BCUT2D eigenvalue weighted by molar-refractivity contribution is 7.11. The Hall–Kier alpha value is -1.39. The van der Waals surface area contributed by atoms with Crippen molar-refractivity contribution in [1.82, 2.24) is 10.3 Å². The monoisotopic (exact) mass is 288 g/mol. The Morgan fingerprint density at radius 3 is 3.00 bits per heavy atom. The second kappa shape index (κ2) is 5.94. The van der Waals surface area contributed by atoms with Crippen LogP contribution in [0.25, 0.3) is 0 Å². The molecule has 20 heavy (non-hydrogen) atoms. The highest BCUT2D eigenvalue weighted by Gasteiger charge is 2.27. The van der Waals surface area contributed by atoms with E-state index in [-0.39, 0.29) is 6.10 Å². The largest absolute Gasteiger partial charge is 0.483 e. The molecule has 0 saturated carbocycles. The molecule has 1 aromatic heterocycles. The van der Waals surface area contributed by atoms with Gasteiger partial charge >= 0.3 is 0 Å². The van der Waals surface area contributed by atoms with Crippen molar-refractivity contribution in [3.63, 3.8) is 0 Å². The van der Waals surface area contributed by atoms with E-state index in [4.69, 9.17) is 9.72 Å². The fourth-order valence-corrected chi connectivity index (χ4v) is 3.74. The molecular weight excluding hydrogens is 268 g/mol. The summed E-state index contributed by atoms with van der Waals surface area (Å²) in [6, 6.07) is 8.29. The Morgan fingerprint density at radius 2 is 2.25 bits per heavy atom. The van der Waals surface area contributed by atoms with Crippen LogP contribution in [-0.4, -0.2) is 12.0 Å². The molecule has 0 spiro atoms. The van der Waals surface area contributed by atoms with Crippen LogP contribution >= 0.6 is 11.3 Å². The first-order valence-electron chi connectivity index (χ1n) is 7.19. The summed E-state index contributed by atoms with van der Waals surface area (Å²) in [5.74, 6) is 1.01. The van der Waals surface area contributed by atoms with Gasteiger partial charge in [-0.15, -0.1) is 11.3 Å². The molecule has 4 heteroatoms. The lowest BCUT2D eigenvalue weighted by molar-refractivity contribution is 0.238. The van der Waals surface area contributed by atoms with Crippen LogP contribution in [0, 0.1) is 0 Å². The van der Waals surface area contributed by atoms with Gasteiger partial charge in [0, 0.05) is 17.8 Å². The predicted molar refractivity (Wildman–Crippen MR) is 82.4 cm³/mol. The third kappa shape index (κ3) is 2.58. The number of hydrogen-bond acceptors (Lipinski definition) is 4. The average Bonchev–Trinajstić information content (AvgIpc) is 3.04. The summed E-state index contributed by atoms with van der Waals surface area (Å²) >= 11 is 1.79. The van der Waals surface area contributed by atoms with Crippen molar-refractivity contribution in [2.75, 3.05) is 7.05 Å². The first-order valence-corrected chi connectivity index (χ1v) is 8.01. The van der Waals surface area contributed by atoms with Crippen LogP contribution in [0.15, 0.2) is 24.3 Å². The van der Waals surface area contributed by atoms with E-state index in [0.29, 0.717) is 0 Å². The summed E-state index contributed by atoms with van der Waals surface area (Å²) in [6.45, 7) is 3.09. The van der Waals surface area contributed by atoms with E-state index < -0.39 is 0 Å². The van der Waals surface area contributed by atoms with Crippen molar-refractivity contribution < 1.29 is 4.74 Å². The Morgan fingerprint density at radius 1 is 1.40 bits per heavy atom. The molecule has 3 nitrogen and oxygen atoms in total. The van der Waals surface area contributed by atoms with Crippen molar-refractivity contribution >= 4 is 11.3 Å². The van der Waals surface area contributed by atoms with Gasteiger partial charge in [-0.2, -0.15) is 0 Å². The third-order valence-corrected chi connectivity index (χ3v) is 4.73. The Bertz CT molecular complexity index is 545. The second-order valence-electron chi connectivity index (χ2n) is 5.12. The summed E-state index contributed by atoms with van der Waals surface area (Å²) in [4.78, 5) is 6.19. The van der Waals surface area contributed by atoms with Crippen LogP contribution in [0.1, 0.15) is 40.6 Å². The molecule has 1 N–H and O–H groups in total. The van der Waals surface area contributed by atoms with Crippen molar-refractivity contribution in [3.8, 4) is 5.75 Å². The van der Waals surface area contributed by atoms with Gasteiger partial charge in [0.1, 0.15) is 10.8 Å². The minimum absolute atomic E-state index is 0.0959. The van der Waals surface area contributed by atoms with Gasteiger partial charge in [0.2, 0.25) is 0 Å². The standard InChI is InChI=1S/C16H20N2OS/c1-3-6-12-15(10-17-2)20-16(18-12)14-9-11-7-4-5-8-13(11)19-14/h4-5,7-8,14,17H,3,6,9-10H2,1-2H3. The third-order valence-electron chi connectivity index (χ3n) is 3.54. The van der Waals surface area contributed by atoms with E-state index in [1.54, 1.807) is 11.3 Å². The van der Waals surface area contributed by atoms with Crippen LogP contribution in [0.4, 0.5) is 0 Å². The molecule has 1 aromatic carbocycles. The van der Waals surface area contributed by atoms with Crippen LogP contribution in [0.3, 0.4) is 0 Å². The van der Waals surface area contributed by atoms with E-state index in [1.165, 1.54) is 16.1 Å². The summed E-state index contributed by atoms with van der Waals surface area (Å²) in [7, 11) is 1.98. The lowest BCUT2D eigenvalue weighted by atomic mass is 10.1. The Kier molecular flexibility index (Phi) is 4.03. The summed E-state index contributed by atoms with van der Waals surface area (Å²) in [6.07, 6.45) is 3.21. The topological polar surface area (TPSA) is 34.1 Å². The zero-order valence-corrected chi connectivity index (χ0v) is 12.8. The summed E-state index contributed by atoms with van der Waals surface area (Å²) < 4.78 is 6.05. The van der Waals surface area contributed by atoms with Gasteiger partial charge in [0.15, 0.2) is 6.10 Å². The Balaban J connectivity index is 1.83. The van der Waals surface area contributed by atoms with Gasteiger partial charge in [-0.3, -0.25) is 0 Å². The Labute approximate surface area is 124 Å². The zero-order valence-electron chi connectivity index (χ0n) is 12.0. The smallest absolute Gasteiger partial charge is 0.154 e. The highest BCUT2D eigenvalue weighted by atomic mass is 32.1. The van der Waals surface area contributed by atoms with Gasteiger partial charge in [0.05, 0.1) is 5.69 Å². The van der Waals surface area contributed by atoms with Gasteiger partial charge in [-0.25, -0.2) is 4.98 Å². The summed E-state index contributed by atoms with van der Waals surface area (Å²) in [5.41, 5.74) is 2.53. The first-order chi connectivity index (χ1) is 9.81. The van der Waals surface area contributed by atoms with Gasteiger partial charge in [0.25, 0.3) is 0 Å². The lowest BCUT2D eigenvalue weighted by Crippen LogP contribution is -2.05. The van der Waals surface area contributed by atoms with Crippen molar-refractivity contribution in [2.45, 2.75) is 38.8 Å². The van der Waals surface area contributed by atoms with Gasteiger partial charge in [-0.05, 0) is 25.1 Å². The molecule has 0 radical (unpaired) electrons. The van der Waals surface area contributed by atoms with Crippen LogP contribution in [-0.2, 0) is 19.4 Å². The molecule has 2 heterocycles. The maximum absolute atomic E-state index is 6.05. The number of para-hydroxylation sites is 1. The molecule has 0 saturated heterocycles. The fraction of sp³-hybridized carbons (Fsp3) is 0.438. The maximum atomic E-state index is 6.05. The zero-order chi connectivity index (χ0) is 13.9. The second-order valence-corrected chi connectivity index (χ2v) is 6.24.